The van der Waals surface area contributed by atoms with Gasteiger partial charge in [0.15, 0.2) is 5.75 Å². The Kier molecular flexibility index (Phi) is 4.64. The molecule has 16 heavy (non-hydrogen) atoms. The minimum Gasteiger partial charge on any atom is -0.408 e. The lowest BCUT2D eigenvalue weighted by Gasteiger charge is -2.10. The van der Waals surface area contributed by atoms with E-state index in [4.69, 9.17) is 10.5 Å². The van der Waals surface area contributed by atoms with Crippen LogP contribution in [0.2, 0.25) is 0 Å². The number of para-hydroxylation sites is 1. The first-order chi connectivity index (χ1) is 7.65. The minimum absolute atomic E-state index is 0.441. The molecule has 1 amide bonds. The van der Waals surface area contributed by atoms with E-state index in [1.807, 2.05) is 19.1 Å². The van der Waals surface area contributed by atoms with E-state index in [2.05, 4.69) is 12.2 Å². The Hall–Kier alpha value is -1.71. The van der Waals surface area contributed by atoms with Crippen molar-refractivity contribution in [3.63, 3.8) is 0 Å². The molecule has 1 rings (SSSR count). The molecular weight excluding hydrogens is 204 g/mol. The average Bonchev–Trinajstić information content (AvgIpc) is 2.24. The minimum atomic E-state index is -0.450. The highest BCUT2D eigenvalue weighted by atomic mass is 16.6. The molecule has 88 valence electrons. The Morgan fingerprint density at radius 2 is 2.25 bits per heavy atom. The maximum Gasteiger partial charge on any atom is 0.412 e. The lowest BCUT2D eigenvalue weighted by atomic mass is 10.2. The van der Waals surface area contributed by atoms with Gasteiger partial charge < -0.3 is 15.8 Å². The highest BCUT2D eigenvalue weighted by Crippen LogP contribution is 2.25. The van der Waals surface area contributed by atoms with Crippen LogP contribution in [-0.2, 0) is 0 Å². The summed E-state index contributed by atoms with van der Waals surface area (Å²) in [7, 11) is 0. The van der Waals surface area contributed by atoms with Crippen molar-refractivity contribution in [3.05, 3.63) is 23.8 Å². The van der Waals surface area contributed by atoms with Crippen molar-refractivity contribution < 1.29 is 9.53 Å². The van der Waals surface area contributed by atoms with Crippen molar-refractivity contribution in [3.8, 4) is 5.75 Å². The maximum absolute atomic E-state index is 11.4. The highest BCUT2D eigenvalue weighted by molar-refractivity contribution is 5.73. The molecule has 4 heteroatoms. The Bertz CT molecular complexity index is 344. The number of aryl methyl sites for hydroxylation is 1. The molecular formula is C12H18N2O2. The quantitative estimate of drug-likeness (QED) is 0.607. The number of carbonyl (C=O) groups is 1. The van der Waals surface area contributed by atoms with Crippen molar-refractivity contribution in [2.24, 2.45) is 0 Å². The Labute approximate surface area is 95.8 Å². The van der Waals surface area contributed by atoms with E-state index in [0.717, 1.165) is 18.4 Å². The molecule has 0 aliphatic rings. The molecule has 0 bridgehead atoms. The zero-order chi connectivity index (χ0) is 12.0. The molecule has 0 saturated carbocycles. The largest absolute Gasteiger partial charge is 0.412 e. The monoisotopic (exact) mass is 222 g/mol. The summed E-state index contributed by atoms with van der Waals surface area (Å²) in [6, 6.07) is 5.39. The van der Waals surface area contributed by atoms with Gasteiger partial charge in [-0.15, -0.1) is 0 Å². The smallest absolute Gasteiger partial charge is 0.408 e. The van der Waals surface area contributed by atoms with Crippen LogP contribution < -0.4 is 15.8 Å². The number of nitrogens with one attached hydrogen (secondary N) is 1. The van der Waals surface area contributed by atoms with Gasteiger partial charge >= 0.3 is 6.09 Å². The predicted molar refractivity (Wildman–Crippen MR) is 64.5 cm³/mol. The number of rotatable bonds is 4. The Balaban J connectivity index is 2.56. The second kappa shape index (κ2) is 6.00. The Morgan fingerprint density at radius 3 is 2.88 bits per heavy atom. The summed E-state index contributed by atoms with van der Waals surface area (Å²) in [5, 5.41) is 2.67. The standard InChI is InChI=1S/C12H18N2O2/c1-3-4-8-14-12(15)16-11-9(2)6-5-7-10(11)13/h5-7H,3-4,8,13H2,1-2H3,(H,14,15). The van der Waals surface area contributed by atoms with Gasteiger partial charge in [0.25, 0.3) is 0 Å². The second-order valence-electron chi connectivity index (χ2n) is 3.66. The first-order valence-electron chi connectivity index (χ1n) is 5.46. The summed E-state index contributed by atoms with van der Waals surface area (Å²) >= 11 is 0. The number of benzene rings is 1. The molecule has 0 aliphatic heterocycles. The molecule has 0 atom stereocenters. The van der Waals surface area contributed by atoms with E-state index in [1.54, 1.807) is 6.07 Å². The molecule has 0 heterocycles. The van der Waals surface area contributed by atoms with Crippen LogP contribution in [0.25, 0.3) is 0 Å². The van der Waals surface area contributed by atoms with Crippen molar-refractivity contribution >= 4 is 11.8 Å². The fraction of sp³-hybridized carbons (Fsp3) is 0.417. The molecule has 0 fully saturated rings. The van der Waals surface area contributed by atoms with Gasteiger partial charge in [-0.3, -0.25) is 0 Å². The van der Waals surface area contributed by atoms with Gasteiger partial charge in [-0.1, -0.05) is 25.5 Å². The molecule has 0 unspecified atom stereocenters. The molecule has 3 N–H and O–H groups in total. The Morgan fingerprint density at radius 1 is 1.50 bits per heavy atom. The fourth-order valence-corrected chi connectivity index (χ4v) is 1.31. The lowest BCUT2D eigenvalue weighted by molar-refractivity contribution is 0.200. The predicted octanol–water partition coefficient (Wildman–Crippen LogP) is 2.47. The third-order valence-electron chi connectivity index (χ3n) is 2.24. The summed E-state index contributed by atoms with van der Waals surface area (Å²) in [5.74, 6) is 0.441. The normalized spacial score (nSPS) is 9.88. The molecule has 0 spiro atoms. The van der Waals surface area contributed by atoms with Crippen LogP contribution >= 0.6 is 0 Å². The van der Waals surface area contributed by atoms with E-state index in [0.29, 0.717) is 18.0 Å². The van der Waals surface area contributed by atoms with Crippen LogP contribution in [0.3, 0.4) is 0 Å². The van der Waals surface area contributed by atoms with Crippen molar-refractivity contribution in [2.45, 2.75) is 26.7 Å². The van der Waals surface area contributed by atoms with Gasteiger partial charge in [-0.2, -0.15) is 0 Å². The molecule has 0 radical (unpaired) electrons. The number of hydrogen-bond donors (Lipinski definition) is 2. The molecule has 1 aromatic carbocycles. The van der Waals surface area contributed by atoms with Crippen LogP contribution in [0, 0.1) is 6.92 Å². The summed E-state index contributed by atoms with van der Waals surface area (Å²) in [5.41, 5.74) is 7.05. The number of unbranched alkanes of at least 4 members (excludes halogenated alkanes) is 1. The van der Waals surface area contributed by atoms with Crippen molar-refractivity contribution in [2.75, 3.05) is 12.3 Å². The van der Waals surface area contributed by atoms with Gasteiger partial charge in [-0.05, 0) is 25.0 Å². The van der Waals surface area contributed by atoms with E-state index >= 15 is 0 Å². The van der Waals surface area contributed by atoms with Crippen LogP contribution in [0.15, 0.2) is 18.2 Å². The van der Waals surface area contributed by atoms with Crippen molar-refractivity contribution in [1.82, 2.24) is 5.32 Å². The molecule has 1 aromatic rings. The number of nitrogen functional groups attached to an aromatic ring is 1. The summed E-state index contributed by atoms with van der Waals surface area (Å²) in [4.78, 5) is 11.4. The molecule has 0 aromatic heterocycles. The van der Waals surface area contributed by atoms with E-state index in [9.17, 15) is 4.79 Å². The van der Waals surface area contributed by atoms with Crippen LogP contribution in [0.5, 0.6) is 5.75 Å². The molecule has 4 nitrogen and oxygen atoms in total. The van der Waals surface area contributed by atoms with Gasteiger partial charge in [0, 0.05) is 6.54 Å². The third-order valence-corrected chi connectivity index (χ3v) is 2.24. The van der Waals surface area contributed by atoms with Crippen LogP contribution in [0.4, 0.5) is 10.5 Å². The zero-order valence-corrected chi connectivity index (χ0v) is 9.75. The summed E-state index contributed by atoms with van der Waals surface area (Å²) in [6.45, 7) is 4.54. The number of amides is 1. The second-order valence-corrected chi connectivity index (χ2v) is 3.66. The van der Waals surface area contributed by atoms with Gasteiger partial charge in [0.1, 0.15) is 0 Å². The number of nitrogens with two attached hydrogens (primary N) is 1. The van der Waals surface area contributed by atoms with E-state index in [-0.39, 0.29) is 0 Å². The van der Waals surface area contributed by atoms with E-state index < -0.39 is 6.09 Å². The van der Waals surface area contributed by atoms with Crippen LogP contribution in [0.1, 0.15) is 25.3 Å². The highest BCUT2D eigenvalue weighted by Gasteiger charge is 2.08. The number of carbonyl (C=O) groups excluding carboxylic acids is 1. The lowest BCUT2D eigenvalue weighted by Crippen LogP contribution is -2.28. The van der Waals surface area contributed by atoms with E-state index in [1.165, 1.54) is 0 Å². The average molecular weight is 222 g/mol. The van der Waals surface area contributed by atoms with Gasteiger partial charge in [0.05, 0.1) is 5.69 Å². The topological polar surface area (TPSA) is 64.3 Å². The zero-order valence-electron chi connectivity index (χ0n) is 9.75. The summed E-state index contributed by atoms with van der Waals surface area (Å²) < 4.78 is 5.15. The van der Waals surface area contributed by atoms with Gasteiger partial charge in [0.2, 0.25) is 0 Å². The summed E-state index contributed by atoms with van der Waals surface area (Å²) in [6.07, 6.45) is 1.53. The number of ether oxygens (including phenoxy) is 1. The molecule has 0 saturated heterocycles. The number of anilines is 1. The fourth-order valence-electron chi connectivity index (χ4n) is 1.31. The molecule has 0 aliphatic carbocycles. The third kappa shape index (κ3) is 3.46. The van der Waals surface area contributed by atoms with Crippen molar-refractivity contribution in [1.29, 1.82) is 0 Å². The first kappa shape index (κ1) is 12.4. The maximum atomic E-state index is 11.4. The van der Waals surface area contributed by atoms with Crippen LogP contribution in [-0.4, -0.2) is 12.6 Å². The van der Waals surface area contributed by atoms with Gasteiger partial charge in [-0.25, -0.2) is 4.79 Å². The first-order valence-corrected chi connectivity index (χ1v) is 5.46. The number of hydrogen-bond acceptors (Lipinski definition) is 3. The SMILES string of the molecule is CCCCNC(=O)Oc1c(C)cccc1N.